The number of carbonyl (C=O) groups is 1. The Labute approximate surface area is 135 Å². The van der Waals surface area contributed by atoms with E-state index < -0.39 is 0 Å². The molecule has 0 aliphatic carbocycles. The van der Waals surface area contributed by atoms with Crippen LogP contribution in [0.1, 0.15) is 16.1 Å². The standard InChI is InChI=1S/C17H20N4O2/c1-13-15(6-4-7-18-13)20-9-11-21(12-10-20)16-14(17(22)23-2)5-3-8-19-16/h3-8H,9-12H2,1-2H3. The van der Waals surface area contributed by atoms with Crippen LogP contribution < -0.4 is 9.80 Å². The molecule has 1 aliphatic heterocycles. The molecule has 0 atom stereocenters. The Bertz CT molecular complexity index is 696. The van der Waals surface area contributed by atoms with E-state index in [1.54, 1.807) is 18.3 Å². The Hall–Kier alpha value is -2.63. The topological polar surface area (TPSA) is 58.6 Å². The number of hydrogen-bond acceptors (Lipinski definition) is 6. The molecule has 1 fully saturated rings. The van der Waals surface area contributed by atoms with Crippen molar-refractivity contribution in [2.45, 2.75) is 6.92 Å². The van der Waals surface area contributed by atoms with Gasteiger partial charge in [-0.05, 0) is 31.2 Å². The molecule has 0 radical (unpaired) electrons. The highest BCUT2D eigenvalue weighted by Gasteiger charge is 2.23. The van der Waals surface area contributed by atoms with E-state index in [4.69, 9.17) is 4.74 Å². The highest BCUT2D eigenvalue weighted by molar-refractivity contribution is 5.94. The minimum absolute atomic E-state index is 0.348. The molecule has 2 aromatic heterocycles. The van der Waals surface area contributed by atoms with Crippen LogP contribution in [0.15, 0.2) is 36.7 Å². The summed E-state index contributed by atoms with van der Waals surface area (Å²) in [5.74, 6) is 0.348. The van der Waals surface area contributed by atoms with Crippen molar-refractivity contribution in [1.82, 2.24) is 9.97 Å². The van der Waals surface area contributed by atoms with Crippen LogP contribution in [-0.2, 0) is 4.74 Å². The molecule has 0 amide bonds. The molecule has 2 aromatic rings. The van der Waals surface area contributed by atoms with Crippen LogP contribution in [0.25, 0.3) is 0 Å². The Morgan fingerprint density at radius 2 is 1.70 bits per heavy atom. The summed E-state index contributed by atoms with van der Waals surface area (Å²) < 4.78 is 4.85. The van der Waals surface area contributed by atoms with Crippen LogP contribution in [0.2, 0.25) is 0 Å². The second kappa shape index (κ2) is 6.64. The SMILES string of the molecule is COC(=O)c1cccnc1N1CCN(c2cccnc2C)CC1. The second-order valence-electron chi connectivity index (χ2n) is 5.45. The number of piperazine rings is 1. The van der Waals surface area contributed by atoms with Gasteiger partial charge in [0.05, 0.1) is 18.5 Å². The van der Waals surface area contributed by atoms with E-state index in [1.807, 2.05) is 19.2 Å². The van der Waals surface area contributed by atoms with E-state index >= 15 is 0 Å². The molecule has 0 unspecified atom stereocenters. The second-order valence-corrected chi connectivity index (χ2v) is 5.45. The van der Waals surface area contributed by atoms with E-state index in [0.717, 1.165) is 31.9 Å². The Balaban J connectivity index is 1.75. The summed E-state index contributed by atoms with van der Waals surface area (Å²) in [6, 6.07) is 7.57. The molecule has 0 saturated carbocycles. The van der Waals surface area contributed by atoms with Crippen molar-refractivity contribution in [3.63, 3.8) is 0 Å². The first-order valence-electron chi connectivity index (χ1n) is 7.65. The van der Waals surface area contributed by atoms with Gasteiger partial charge in [-0.15, -0.1) is 0 Å². The molecule has 0 bridgehead atoms. The van der Waals surface area contributed by atoms with Gasteiger partial charge in [-0.3, -0.25) is 4.98 Å². The molecule has 6 nitrogen and oxygen atoms in total. The molecule has 1 aliphatic rings. The lowest BCUT2D eigenvalue weighted by Crippen LogP contribution is -2.47. The van der Waals surface area contributed by atoms with Crippen LogP contribution in [0.4, 0.5) is 11.5 Å². The van der Waals surface area contributed by atoms with Crippen molar-refractivity contribution in [1.29, 1.82) is 0 Å². The molecule has 120 valence electrons. The summed E-state index contributed by atoms with van der Waals surface area (Å²) >= 11 is 0. The number of hydrogen-bond donors (Lipinski definition) is 0. The van der Waals surface area contributed by atoms with Crippen molar-refractivity contribution >= 4 is 17.5 Å². The monoisotopic (exact) mass is 312 g/mol. The molecule has 1 saturated heterocycles. The van der Waals surface area contributed by atoms with Crippen molar-refractivity contribution in [2.24, 2.45) is 0 Å². The summed E-state index contributed by atoms with van der Waals surface area (Å²) in [5.41, 5.74) is 2.72. The van der Waals surface area contributed by atoms with E-state index in [0.29, 0.717) is 11.4 Å². The lowest BCUT2D eigenvalue weighted by Gasteiger charge is -2.37. The maximum Gasteiger partial charge on any atom is 0.341 e. The van der Waals surface area contributed by atoms with Gasteiger partial charge in [0.25, 0.3) is 0 Å². The van der Waals surface area contributed by atoms with Gasteiger partial charge in [-0.2, -0.15) is 0 Å². The third-order valence-corrected chi connectivity index (χ3v) is 4.09. The highest BCUT2D eigenvalue weighted by Crippen LogP contribution is 2.23. The first kappa shape index (κ1) is 15.3. The minimum Gasteiger partial charge on any atom is -0.465 e. The number of anilines is 2. The number of ether oxygens (including phenoxy) is 1. The third kappa shape index (κ3) is 3.11. The number of nitrogens with zero attached hydrogens (tertiary/aromatic N) is 4. The van der Waals surface area contributed by atoms with E-state index in [9.17, 15) is 4.79 Å². The number of pyridine rings is 2. The van der Waals surface area contributed by atoms with Crippen molar-refractivity contribution in [3.05, 3.63) is 47.9 Å². The molecule has 0 N–H and O–H groups in total. The Morgan fingerprint density at radius 3 is 2.39 bits per heavy atom. The fourth-order valence-corrected chi connectivity index (χ4v) is 2.89. The number of aryl methyl sites for hydroxylation is 1. The van der Waals surface area contributed by atoms with Crippen LogP contribution >= 0.6 is 0 Å². The number of aromatic nitrogens is 2. The molecule has 0 spiro atoms. The van der Waals surface area contributed by atoms with Gasteiger partial charge in [0.2, 0.25) is 0 Å². The molecular formula is C17H20N4O2. The maximum atomic E-state index is 11.9. The zero-order valence-corrected chi connectivity index (χ0v) is 13.4. The van der Waals surface area contributed by atoms with Gasteiger partial charge in [0.1, 0.15) is 11.4 Å². The lowest BCUT2D eigenvalue weighted by molar-refractivity contribution is 0.0601. The summed E-state index contributed by atoms with van der Waals surface area (Å²) in [4.78, 5) is 25.1. The predicted octanol–water partition coefficient (Wildman–Crippen LogP) is 1.90. The number of carbonyl (C=O) groups excluding carboxylic acids is 1. The third-order valence-electron chi connectivity index (χ3n) is 4.09. The van der Waals surface area contributed by atoms with Gasteiger partial charge in [0, 0.05) is 38.6 Å². The largest absolute Gasteiger partial charge is 0.465 e. The van der Waals surface area contributed by atoms with Crippen LogP contribution in [0, 0.1) is 6.92 Å². The van der Waals surface area contributed by atoms with E-state index in [1.165, 1.54) is 12.8 Å². The minimum atomic E-state index is -0.348. The summed E-state index contributed by atoms with van der Waals surface area (Å²) in [6.45, 7) is 5.36. The summed E-state index contributed by atoms with van der Waals surface area (Å²) in [5, 5.41) is 0. The van der Waals surface area contributed by atoms with Crippen molar-refractivity contribution in [2.75, 3.05) is 43.1 Å². The Morgan fingerprint density at radius 1 is 1.04 bits per heavy atom. The first-order chi connectivity index (χ1) is 11.2. The van der Waals surface area contributed by atoms with Gasteiger partial charge in [-0.25, -0.2) is 9.78 Å². The molecule has 3 rings (SSSR count). The highest BCUT2D eigenvalue weighted by atomic mass is 16.5. The molecule has 0 aromatic carbocycles. The quantitative estimate of drug-likeness (QED) is 0.807. The van der Waals surface area contributed by atoms with E-state index in [-0.39, 0.29) is 5.97 Å². The van der Waals surface area contributed by atoms with Crippen molar-refractivity contribution < 1.29 is 9.53 Å². The predicted molar refractivity (Wildman–Crippen MR) is 89.0 cm³/mol. The van der Waals surface area contributed by atoms with Gasteiger partial charge in [-0.1, -0.05) is 0 Å². The van der Waals surface area contributed by atoms with Gasteiger partial charge >= 0.3 is 5.97 Å². The normalized spacial score (nSPS) is 14.7. The number of rotatable bonds is 3. The van der Waals surface area contributed by atoms with Crippen molar-refractivity contribution in [3.8, 4) is 0 Å². The lowest BCUT2D eigenvalue weighted by atomic mass is 10.2. The number of esters is 1. The first-order valence-corrected chi connectivity index (χ1v) is 7.65. The Kier molecular flexibility index (Phi) is 4.41. The number of methoxy groups -OCH3 is 1. The van der Waals surface area contributed by atoms with E-state index in [2.05, 4.69) is 25.8 Å². The summed E-state index contributed by atoms with van der Waals surface area (Å²) in [7, 11) is 1.39. The fraction of sp³-hybridized carbons (Fsp3) is 0.353. The van der Waals surface area contributed by atoms with Crippen LogP contribution in [0.5, 0.6) is 0 Å². The van der Waals surface area contributed by atoms with Gasteiger partial charge < -0.3 is 14.5 Å². The van der Waals surface area contributed by atoms with Crippen LogP contribution in [0.3, 0.4) is 0 Å². The smallest absolute Gasteiger partial charge is 0.341 e. The average molecular weight is 312 g/mol. The average Bonchev–Trinajstić information content (AvgIpc) is 2.62. The fourth-order valence-electron chi connectivity index (χ4n) is 2.89. The maximum absolute atomic E-state index is 11.9. The summed E-state index contributed by atoms with van der Waals surface area (Å²) in [6.07, 6.45) is 3.52. The van der Waals surface area contributed by atoms with Crippen LogP contribution in [-0.4, -0.2) is 49.2 Å². The molecule has 3 heterocycles. The zero-order valence-electron chi connectivity index (χ0n) is 13.4. The molecular weight excluding hydrogens is 292 g/mol. The molecule has 6 heteroatoms. The zero-order chi connectivity index (χ0) is 16.2. The molecule has 23 heavy (non-hydrogen) atoms. The van der Waals surface area contributed by atoms with Gasteiger partial charge in [0.15, 0.2) is 0 Å².